The van der Waals surface area contributed by atoms with Crippen LogP contribution >= 0.6 is 22.9 Å². The fourth-order valence-electron chi connectivity index (χ4n) is 1.08. The van der Waals surface area contributed by atoms with Crippen molar-refractivity contribution < 1.29 is 4.79 Å². The van der Waals surface area contributed by atoms with E-state index in [1.54, 1.807) is 4.90 Å². The third kappa shape index (κ3) is 2.57. The number of hydrogen-bond acceptors (Lipinski definition) is 3. The van der Waals surface area contributed by atoms with Crippen LogP contribution in [0.4, 0.5) is 0 Å². The van der Waals surface area contributed by atoms with Gasteiger partial charge in [0.15, 0.2) is 0 Å². The molecule has 1 amide bonds. The lowest BCUT2D eigenvalue weighted by atomic mass is 10.4. The maximum atomic E-state index is 11.3. The average Bonchev–Trinajstić information content (AvgIpc) is 2.11. The molecule has 0 aromatic rings. The van der Waals surface area contributed by atoms with Crippen LogP contribution in [0.15, 0.2) is 0 Å². The van der Waals surface area contributed by atoms with E-state index < -0.39 is 0 Å². The van der Waals surface area contributed by atoms with Crippen LogP contribution in [-0.2, 0) is 4.79 Å². The number of rotatable bonds is 1. The highest BCUT2D eigenvalue weighted by Gasteiger charge is 2.18. The molecule has 2 N–H and O–H groups in total. The van der Waals surface area contributed by atoms with Crippen molar-refractivity contribution in [1.29, 1.82) is 0 Å². The van der Waals surface area contributed by atoms with Gasteiger partial charge in [0.05, 0.1) is 13.2 Å². The molecule has 0 spiro atoms. The largest absolute Gasteiger partial charge is 0.329 e. The molecule has 5 heteroatoms. The van der Waals surface area contributed by atoms with E-state index in [0.29, 0.717) is 13.2 Å². The Morgan fingerprint density at radius 3 is 2.91 bits per heavy atom. The summed E-state index contributed by atoms with van der Waals surface area (Å²) >= 11 is 2.17. The first-order chi connectivity index (χ1) is 5.24. The van der Waals surface area contributed by atoms with Crippen molar-refractivity contribution in [2.24, 2.45) is 5.73 Å². The molecule has 0 unspecified atom stereocenters. The third-order valence-electron chi connectivity index (χ3n) is 1.71. The Morgan fingerprint density at radius 2 is 2.27 bits per heavy atom. The van der Waals surface area contributed by atoms with Crippen LogP contribution in [0.25, 0.3) is 0 Å². The molecule has 4 nitrogen and oxygen atoms in total. The monoisotopic (exact) mass is 269 g/mol. The number of hydrogen-bond donors (Lipinski definition) is 1. The van der Waals surface area contributed by atoms with Gasteiger partial charge in [0, 0.05) is 36.0 Å². The standard InChI is InChI=1S/C6H12IN3O/c7-10-3-1-2-9(5-8)6(11)4-10/h1-5,8H2. The molecule has 1 aliphatic rings. The zero-order valence-corrected chi connectivity index (χ0v) is 8.45. The lowest BCUT2D eigenvalue weighted by Gasteiger charge is -2.16. The summed E-state index contributed by atoms with van der Waals surface area (Å²) in [5.74, 6) is 0.138. The molecule has 0 saturated carbocycles. The predicted molar refractivity (Wildman–Crippen MR) is 51.0 cm³/mol. The van der Waals surface area contributed by atoms with Gasteiger partial charge in [-0.3, -0.25) is 4.79 Å². The van der Waals surface area contributed by atoms with Crippen LogP contribution in [0.2, 0.25) is 0 Å². The summed E-state index contributed by atoms with van der Waals surface area (Å²) in [6.45, 7) is 2.62. The molecule has 1 aliphatic heterocycles. The van der Waals surface area contributed by atoms with Crippen molar-refractivity contribution in [3.05, 3.63) is 0 Å². The van der Waals surface area contributed by atoms with E-state index in [4.69, 9.17) is 5.73 Å². The maximum Gasteiger partial charge on any atom is 0.238 e. The van der Waals surface area contributed by atoms with Gasteiger partial charge in [0.1, 0.15) is 0 Å². The predicted octanol–water partition coefficient (Wildman–Crippen LogP) is -0.213. The number of nitrogens with zero attached hydrogens (tertiary/aromatic N) is 2. The van der Waals surface area contributed by atoms with Gasteiger partial charge in [-0.25, -0.2) is 3.11 Å². The zero-order chi connectivity index (χ0) is 8.27. The highest BCUT2D eigenvalue weighted by molar-refractivity contribution is 14.1. The van der Waals surface area contributed by atoms with Crippen LogP contribution in [0.3, 0.4) is 0 Å². The second-order valence-electron chi connectivity index (χ2n) is 2.54. The molecule has 11 heavy (non-hydrogen) atoms. The Bertz CT molecular complexity index is 153. The summed E-state index contributed by atoms with van der Waals surface area (Å²) in [7, 11) is 0. The van der Waals surface area contributed by atoms with E-state index >= 15 is 0 Å². The summed E-state index contributed by atoms with van der Waals surface area (Å²) < 4.78 is 2.00. The van der Waals surface area contributed by atoms with Crippen molar-refractivity contribution in [1.82, 2.24) is 8.01 Å². The van der Waals surface area contributed by atoms with Gasteiger partial charge < -0.3 is 10.6 Å². The van der Waals surface area contributed by atoms with Gasteiger partial charge in [-0.15, -0.1) is 0 Å². The Labute approximate surface area is 80.2 Å². The van der Waals surface area contributed by atoms with Crippen molar-refractivity contribution in [3.8, 4) is 0 Å². The van der Waals surface area contributed by atoms with Crippen LogP contribution in [0.5, 0.6) is 0 Å². The first-order valence-electron chi connectivity index (χ1n) is 3.62. The molecular formula is C6H12IN3O. The quantitative estimate of drug-likeness (QED) is 0.529. The Kier molecular flexibility index (Phi) is 3.53. The van der Waals surface area contributed by atoms with Crippen LogP contribution < -0.4 is 5.73 Å². The van der Waals surface area contributed by atoms with E-state index in [-0.39, 0.29) is 5.91 Å². The Morgan fingerprint density at radius 1 is 1.55 bits per heavy atom. The molecule has 64 valence electrons. The first-order valence-corrected chi connectivity index (χ1v) is 4.59. The van der Waals surface area contributed by atoms with Crippen molar-refractivity contribution >= 4 is 28.8 Å². The van der Waals surface area contributed by atoms with Gasteiger partial charge in [-0.05, 0) is 6.42 Å². The lowest BCUT2D eigenvalue weighted by Crippen LogP contribution is -2.38. The molecule has 1 saturated heterocycles. The average molecular weight is 269 g/mol. The van der Waals surface area contributed by atoms with Gasteiger partial charge in [-0.1, -0.05) is 0 Å². The number of nitrogens with two attached hydrogens (primary N) is 1. The molecule has 0 aliphatic carbocycles. The fourth-order valence-corrected chi connectivity index (χ4v) is 1.71. The van der Waals surface area contributed by atoms with E-state index in [0.717, 1.165) is 19.5 Å². The topological polar surface area (TPSA) is 49.6 Å². The van der Waals surface area contributed by atoms with Crippen LogP contribution in [0.1, 0.15) is 6.42 Å². The molecule has 0 aromatic heterocycles. The molecule has 0 atom stereocenters. The highest BCUT2D eigenvalue weighted by Crippen LogP contribution is 2.06. The van der Waals surface area contributed by atoms with Crippen molar-refractivity contribution in [3.63, 3.8) is 0 Å². The van der Waals surface area contributed by atoms with Gasteiger partial charge >= 0.3 is 0 Å². The second kappa shape index (κ2) is 4.22. The van der Waals surface area contributed by atoms with Gasteiger partial charge in [0.25, 0.3) is 0 Å². The third-order valence-corrected chi connectivity index (χ3v) is 2.53. The SMILES string of the molecule is NCN1CCCN(I)CC1=O. The van der Waals surface area contributed by atoms with Gasteiger partial charge in [0.2, 0.25) is 5.91 Å². The van der Waals surface area contributed by atoms with E-state index in [1.165, 1.54) is 0 Å². The second-order valence-corrected chi connectivity index (χ2v) is 3.90. The minimum Gasteiger partial charge on any atom is -0.329 e. The molecule has 0 radical (unpaired) electrons. The van der Waals surface area contributed by atoms with E-state index in [1.807, 2.05) is 3.11 Å². The molecule has 0 bridgehead atoms. The minimum absolute atomic E-state index is 0.138. The zero-order valence-electron chi connectivity index (χ0n) is 6.29. The first kappa shape index (κ1) is 9.21. The number of amides is 1. The van der Waals surface area contributed by atoms with E-state index in [9.17, 15) is 4.79 Å². The Hall–Kier alpha value is 0.120. The lowest BCUT2D eigenvalue weighted by molar-refractivity contribution is -0.130. The van der Waals surface area contributed by atoms with Crippen LogP contribution in [-0.4, -0.2) is 40.2 Å². The molecule has 1 heterocycles. The smallest absolute Gasteiger partial charge is 0.238 e. The summed E-state index contributed by atoms with van der Waals surface area (Å²) in [5, 5.41) is 0. The normalized spacial score (nSPS) is 22.0. The Balaban J connectivity index is 2.50. The maximum absolute atomic E-state index is 11.3. The van der Waals surface area contributed by atoms with E-state index in [2.05, 4.69) is 22.9 Å². The minimum atomic E-state index is 0.138. The number of carbonyl (C=O) groups excluding carboxylic acids is 1. The molecular weight excluding hydrogens is 257 g/mol. The highest BCUT2D eigenvalue weighted by atomic mass is 127. The molecule has 0 aromatic carbocycles. The van der Waals surface area contributed by atoms with Crippen LogP contribution in [0, 0.1) is 0 Å². The van der Waals surface area contributed by atoms with Crippen molar-refractivity contribution in [2.75, 3.05) is 26.3 Å². The number of halogens is 1. The summed E-state index contributed by atoms with van der Waals surface area (Å²) in [6, 6.07) is 0. The number of carbonyl (C=O) groups is 1. The molecule has 1 fully saturated rings. The summed E-state index contributed by atoms with van der Waals surface area (Å²) in [5.41, 5.74) is 5.39. The summed E-state index contributed by atoms with van der Waals surface area (Å²) in [4.78, 5) is 12.9. The fraction of sp³-hybridized carbons (Fsp3) is 0.833. The van der Waals surface area contributed by atoms with Gasteiger partial charge in [-0.2, -0.15) is 0 Å². The van der Waals surface area contributed by atoms with Crippen molar-refractivity contribution in [2.45, 2.75) is 6.42 Å². The molecule has 1 rings (SSSR count). The summed E-state index contributed by atoms with van der Waals surface area (Å²) in [6.07, 6.45) is 1.02.